The summed E-state index contributed by atoms with van der Waals surface area (Å²) in [7, 11) is 0. The normalized spacial score (nSPS) is 11.3. The second-order valence-corrected chi connectivity index (χ2v) is 6.17. The van der Waals surface area contributed by atoms with Crippen LogP contribution in [0.4, 0.5) is 10.2 Å². The van der Waals surface area contributed by atoms with Crippen molar-refractivity contribution in [3.8, 4) is 11.1 Å². The first-order chi connectivity index (χ1) is 10.0. The Morgan fingerprint density at radius 1 is 1.19 bits per heavy atom. The van der Waals surface area contributed by atoms with E-state index in [-0.39, 0.29) is 17.1 Å². The van der Waals surface area contributed by atoms with Gasteiger partial charge in [0.1, 0.15) is 16.5 Å². The molecule has 108 valence electrons. The fourth-order valence-corrected chi connectivity index (χ4v) is 3.30. The maximum absolute atomic E-state index is 13.1. The first-order valence-corrected chi connectivity index (χ1v) is 7.77. The molecule has 0 bridgehead atoms. The molecule has 0 aliphatic heterocycles. The van der Waals surface area contributed by atoms with E-state index in [2.05, 4.69) is 15.3 Å². The van der Waals surface area contributed by atoms with Crippen LogP contribution in [0.25, 0.3) is 21.3 Å². The van der Waals surface area contributed by atoms with Gasteiger partial charge < -0.3 is 5.32 Å². The van der Waals surface area contributed by atoms with E-state index >= 15 is 0 Å². The van der Waals surface area contributed by atoms with Gasteiger partial charge in [-0.2, -0.15) is 0 Å². The first kappa shape index (κ1) is 14.2. The lowest BCUT2D eigenvalue weighted by atomic mass is 10.1. The molecule has 2 heterocycles. The predicted molar refractivity (Wildman–Crippen MR) is 86.6 cm³/mol. The molecule has 0 aliphatic rings. The highest BCUT2D eigenvalue weighted by molar-refractivity contribution is 7.17. The Morgan fingerprint density at radius 2 is 1.90 bits per heavy atom. The maximum atomic E-state index is 13.1. The number of hydrogen-bond donors (Lipinski definition) is 1. The number of rotatable bonds is 3. The smallest absolute Gasteiger partial charge is 0.225 e. The van der Waals surface area contributed by atoms with Gasteiger partial charge in [0.2, 0.25) is 5.28 Å². The fraction of sp³-hybridized carbons (Fsp3) is 0.200. The van der Waals surface area contributed by atoms with Crippen LogP contribution >= 0.6 is 22.9 Å². The summed E-state index contributed by atoms with van der Waals surface area (Å²) in [5.74, 6) is 0.457. The number of benzene rings is 1. The molecule has 0 spiro atoms. The summed E-state index contributed by atoms with van der Waals surface area (Å²) >= 11 is 7.48. The molecule has 3 nitrogen and oxygen atoms in total. The summed E-state index contributed by atoms with van der Waals surface area (Å²) in [5, 5.41) is 6.43. The Balaban J connectivity index is 2.22. The number of thiophene rings is 1. The lowest BCUT2D eigenvalue weighted by molar-refractivity contribution is 0.628. The Labute approximate surface area is 130 Å². The van der Waals surface area contributed by atoms with Gasteiger partial charge in [0, 0.05) is 17.0 Å². The zero-order valence-corrected chi connectivity index (χ0v) is 13.1. The van der Waals surface area contributed by atoms with Crippen molar-refractivity contribution in [1.82, 2.24) is 9.97 Å². The molecule has 0 aliphatic carbocycles. The van der Waals surface area contributed by atoms with Crippen LogP contribution in [0.2, 0.25) is 5.28 Å². The largest absolute Gasteiger partial charge is 0.367 e. The van der Waals surface area contributed by atoms with Gasteiger partial charge in [-0.3, -0.25) is 0 Å². The van der Waals surface area contributed by atoms with E-state index in [1.54, 1.807) is 12.1 Å². The van der Waals surface area contributed by atoms with E-state index in [0.29, 0.717) is 5.82 Å². The molecule has 6 heteroatoms. The number of nitrogens with zero attached hydrogens (tertiary/aromatic N) is 2. The number of halogens is 2. The van der Waals surface area contributed by atoms with Gasteiger partial charge in [-0.15, -0.1) is 11.3 Å². The summed E-state index contributed by atoms with van der Waals surface area (Å²) in [6.07, 6.45) is 0. The third kappa shape index (κ3) is 2.84. The van der Waals surface area contributed by atoms with Crippen molar-refractivity contribution in [1.29, 1.82) is 0 Å². The molecule has 0 unspecified atom stereocenters. The van der Waals surface area contributed by atoms with Gasteiger partial charge in [-0.05, 0) is 43.1 Å². The Morgan fingerprint density at radius 3 is 2.57 bits per heavy atom. The van der Waals surface area contributed by atoms with E-state index < -0.39 is 0 Å². The summed E-state index contributed by atoms with van der Waals surface area (Å²) in [5.41, 5.74) is 1.91. The third-order valence-electron chi connectivity index (χ3n) is 2.99. The number of aromatic nitrogens is 2. The average molecular weight is 322 g/mol. The van der Waals surface area contributed by atoms with Gasteiger partial charge in [0.05, 0.1) is 5.39 Å². The van der Waals surface area contributed by atoms with Crippen molar-refractivity contribution >= 4 is 39.0 Å². The van der Waals surface area contributed by atoms with Crippen LogP contribution in [0, 0.1) is 5.82 Å². The Bertz CT molecular complexity index is 783. The molecule has 3 rings (SSSR count). The quantitative estimate of drug-likeness (QED) is 0.692. The van der Waals surface area contributed by atoms with Crippen LogP contribution < -0.4 is 5.32 Å². The van der Waals surface area contributed by atoms with Crippen molar-refractivity contribution in [2.24, 2.45) is 0 Å². The van der Waals surface area contributed by atoms with Crippen molar-refractivity contribution in [2.45, 2.75) is 19.9 Å². The molecule has 0 saturated heterocycles. The zero-order chi connectivity index (χ0) is 15.0. The number of hydrogen-bond acceptors (Lipinski definition) is 4. The van der Waals surface area contributed by atoms with Crippen molar-refractivity contribution in [3.05, 3.63) is 40.7 Å². The van der Waals surface area contributed by atoms with E-state index in [4.69, 9.17) is 11.6 Å². The summed E-state index contributed by atoms with van der Waals surface area (Å²) in [4.78, 5) is 9.38. The molecule has 1 aromatic carbocycles. The van der Waals surface area contributed by atoms with E-state index in [9.17, 15) is 4.39 Å². The maximum Gasteiger partial charge on any atom is 0.225 e. The van der Waals surface area contributed by atoms with Crippen LogP contribution in [0.1, 0.15) is 13.8 Å². The second-order valence-electron chi connectivity index (χ2n) is 4.98. The fourth-order valence-electron chi connectivity index (χ4n) is 2.14. The lowest BCUT2D eigenvalue weighted by Gasteiger charge is -2.11. The molecule has 21 heavy (non-hydrogen) atoms. The molecule has 0 saturated carbocycles. The monoisotopic (exact) mass is 321 g/mol. The molecule has 2 aromatic heterocycles. The zero-order valence-electron chi connectivity index (χ0n) is 11.5. The first-order valence-electron chi connectivity index (χ1n) is 6.52. The minimum atomic E-state index is -0.252. The number of fused-ring (bicyclic) bond motifs is 1. The Kier molecular flexibility index (Phi) is 3.78. The van der Waals surface area contributed by atoms with Gasteiger partial charge in [-0.1, -0.05) is 12.1 Å². The summed E-state index contributed by atoms with van der Waals surface area (Å²) in [6, 6.07) is 6.63. The molecule has 0 atom stereocenters. The van der Waals surface area contributed by atoms with Gasteiger partial charge in [0.15, 0.2) is 0 Å². The van der Waals surface area contributed by atoms with Crippen LogP contribution in [-0.2, 0) is 0 Å². The summed E-state index contributed by atoms with van der Waals surface area (Å²) in [6.45, 7) is 4.07. The molecular weight excluding hydrogens is 309 g/mol. The molecule has 0 radical (unpaired) electrons. The van der Waals surface area contributed by atoms with Crippen LogP contribution in [0.5, 0.6) is 0 Å². The molecule has 1 N–H and O–H groups in total. The van der Waals surface area contributed by atoms with Gasteiger partial charge in [0.25, 0.3) is 0 Å². The average Bonchev–Trinajstić information content (AvgIpc) is 2.82. The molecule has 0 amide bonds. The standard InChI is InChI=1S/C15H13ClFN3S/c1-8(2)18-13-12-11(9-3-5-10(17)6-4-9)7-21-14(12)20-15(16)19-13/h3-8H,1-2H3,(H,18,19,20). The minimum absolute atomic E-state index is 0.221. The molecule has 3 aromatic rings. The number of nitrogens with one attached hydrogen (secondary N) is 1. The van der Waals surface area contributed by atoms with E-state index in [0.717, 1.165) is 21.3 Å². The van der Waals surface area contributed by atoms with Crippen LogP contribution in [0.3, 0.4) is 0 Å². The summed E-state index contributed by atoms with van der Waals surface area (Å²) < 4.78 is 13.1. The topological polar surface area (TPSA) is 37.8 Å². The highest BCUT2D eigenvalue weighted by atomic mass is 35.5. The highest BCUT2D eigenvalue weighted by Gasteiger charge is 2.15. The number of anilines is 1. The predicted octanol–water partition coefficient (Wildman–Crippen LogP) is 4.97. The van der Waals surface area contributed by atoms with Crippen molar-refractivity contribution < 1.29 is 4.39 Å². The SMILES string of the molecule is CC(C)Nc1nc(Cl)nc2scc(-c3ccc(F)cc3)c12. The van der Waals surface area contributed by atoms with Crippen LogP contribution in [-0.4, -0.2) is 16.0 Å². The van der Waals surface area contributed by atoms with Gasteiger partial charge >= 0.3 is 0 Å². The molecule has 0 fully saturated rings. The lowest BCUT2D eigenvalue weighted by Crippen LogP contribution is -2.11. The third-order valence-corrected chi connectivity index (χ3v) is 4.03. The highest BCUT2D eigenvalue weighted by Crippen LogP contribution is 2.37. The van der Waals surface area contributed by atoms with E-state index in [1.165, 1.54) is 23.5 Å². The second kappa shape index (κ2) is 5.58. The van der Waals surface area contributed by atoms with E-state index in [1.807, 2.05) is 19.2 Å². The van der Waals surface area contributed by atoms with Crippen molar-refractivity contribution in [2.75, 3.05) is 5.32 Å². The Hall–Kier alpha value is -1.72. The van der Waals surface area contributed by atoms with Crippen LogP contribution in [0.15, 0.2) is 29.6 Å². The molecular formula is C15H13ClFN3S. The van der Waals surface area contributed by atoms with Gasteiger partial charge in [-0.25, -0.2) is 14.4 Å². The van der Waals surface area contributed by atoms with Crippen molar-refractivity contribution in [3.63, 3.8) is 0 Å². The minimum Gasteiger partial charge on any atom is -0.367 e.